The number of aromatic nitrogens is 4. The van der Waals surface area contributed by atoms with Gasteiger partial charge in [-0.05, 0) is 55.4 Å². The van der Waals surface area contributed by atoms with Gasteiger partial charge in [0.05, 0.1) is 13.7 Å². The van der Waals surface area contributed by atoms with Crippen molar-refractivity contribution in [2.24, 2.45) is 0 Å². The summed E-state index contributed by atoms with van der Waals surface area (Å²) in [4.78, 5) is 4.16. The van der Waals surface area contributed by atoms with E-state index < -0.39 is 0 Å². The summed E-state index contributed by atoms with van der Waals surface area (Å²) in [7, 11) is 1.66. The molecule has 2 aromatic rings. The molecule has 1 aliphatic rings. The third-order valence-electron chi connectivity index (χ3n) is 3.87. The summed E-state index contributed by atoms with van der Waals surface area (Å²) in [5.74, 6) is 1.49. The fourth-order valence-corrected chi connectivity index (χ4v) is 2.61. The van der Waals surface area contributed by atoms with Crippen LogP contribution in [-0.4, -0.2) is 51.9 Å². The van der Waals surface area contributed by atoms with Gasteiger partial charge in [-0.25, -0.2) is 0 Å². The van der Waals surface area contributed by atoms with Crippen LogP contribution in [0, 0.1) is 0 Å². The Hall–Kier alpha value is -1.66. The standard InChI is InChI=1S/C15H21N5O.ClH/c1-21-14-7-5-13(6-8-14)15-16-18-20(17-15)12-11-19-9-3-2-4-10-19;/h5-8H,2-4,9-12H2,1H3;1H. The Morgan fingerprint density at radius 1 is 1.05 bits per heavy atom. The molecule has 120 valence electrons. The molecule has 0 aliphatic carbocycles. The number of ether oxygens (including phenoxy) is 1. The van der Waals surface area contributed by atoms with E-state index in [-0.39, 0.29) is 12.4 Å². The summed E-state index contributed by atoms with van der Waals surface area (Å²) in [5, 5.41) is 12.7. The van der Waals surface area contributed by atoms with Gasteiger partial charge >= 0.3 is 0 Å². The summed E-state index contributed by atoms with van der Waals surface area (Å²) in [6, 6.07) is 7.71. The summed E-state index contributed by atoms with van der Waals surface area (Å²) in [6.45, 7) is 4.18. The molecule has 1 aromatic carbocycles. The van der Waals surface area contributed by atoms with Gasteiger partial charge in [-0.1, -0.05) is 6.42 Å². The van der Waals surface area contributed by atoms with E-state index in [4.69, 9.17) is 4.74 Å². The van der Waals surface area contributed by atoms with Crippen molar-refractivity contribution in [3.8, 4) is 17.1 Å². The third kappa shape index (κ3) is 4.18. The predicted octanol–water partition coefficient (Wildman–Crippen LogP) is 2.26. The molecule has 0 unspecified atom stereocenters. The van der Waals surface area contributed by atoms with E-state index in [0.717, 1.165) is 24.4 Å². The van der Waals surface area contributed by atoms with Crippen molar-refractivity contribution < 1.29 is 4.74 Å². The van der Waals surface area contributed by atoms with Gasteiger partial charge in [-0.15, -0.1) is 22.6 Å². The van der Waals surface area contributed by atoms with Crippen LogP contribution in [0.2, 0.25) is 0 Å². The quantitative estimate of drug-likeness (QED) is 0.844. The number of halogens is 1. The number of piperidine rings is 1. The van der Waals surface area contributed by atoms with Crippen LogP contribution < -0.4 is 4.74 Å². The number of nitrogens with zero attached hydrogens (tertiary/aromatic N) is 5. The van der Waals surface area contributed by atoms with E-state index in [2.05, 4.69) is 20.3 Å². The first-order chi connectivity index (χ1) is 10.3. The molecule has 0 amide bonds. The minimum Gasteiger partial charge on any atom is -0.497 e. The maximum absolute atomic E-state index is 5.15. The molecule has 0 saturated carbocycles. The van der Waals surface area contributed by atoms with Crippen LogP contribution in [0.1, 0.15) is 19.3 Å². The Morgan fingerprint density at radius 3 is 2.45 bits per heavy atom. The molecule has 0 atom stereocenters. The fraction of sp³-hybridized carbons (Fsp3) is 0.533. The van der Waals surface area contributed by atoms with E-state index in [9.17, 15) is 0 Å². The molecule has 0 bridgehead atoms. The molecule has 0 spiro atoms. The van der Waals surface area contributed by atoms with Crippen molar-refractivity contribution in [1.29, 1.82) is 0 Å². The smallest absolute Gasteiger partial charge is 0.204 e. The lowest BCUT2D eigenvalue weighted by Crippen LogP contribution is -2.33. The minimum atomic E-state index is 0. The summed E-state index contributed by atoms with van der Waals surface area (Å²) < 4.78 is 5.15. The monoisotopic (exact) mass is 323 g/mol. The van der Waals surface area contributed by atoms with Crippen LogP contribution in [-0.2, 0) is 6.54 Å². The Morgan fingerprint density at radius 2 is 1.77 bits per heavy atom. The number of methoxy groups -OCH3 is 1. The van der Waals surface area contributed by atoms with Gasteiger partial charge in [-0.3, -0.25) is 0 Å². The highest BCUT2D eigenvalue weighted by atomic mass is 35.5. The van der Waals surface area contributed by atoms with Crippen LogP contribution in [0.25, 0.3) is 11.4 Å². The van der Waals surface area contributed by atoms with E-state index in [0.29, 0.717) is 5.82 Å². The Balaban J connectivity index is 0.00000176. The van der Waals surface area contributed by atoms with Crippen molar-refractivity contribution in [3.05, 3.63) is 24.3 Å². The molecule has 1 aliphatic heterocycles. The van der Waals surface area contributed by atoms with E-state index in [1.165, 1.54) is 32.4 Å². The van der Waals surface area contributed by atoms with Gasteiger partial charge in [0.2, 0.25) is 5.82 Å². The number of benzene rings is 1. The molecular weight excluding hydrogens is 302 g/mol. The molecule has 7 heteroatoms. The molecule has 0 N–H and O–H groups in total. The van der Waals surface area contributed by atoms with Crippen LogP contribution in [0.15, 0.2) is 24.3 Å². The minimum absolute atomic E-state index is 0. The largest absolute Gasteiger partial charge is 0.497 e. The molecule has 1 saturated heterocycles. The molecule has 0 radical (unpaired) electrons. The van der Waals surface area contributed by atoms with Crippen molar-refractivity contribution in [2.75, 3.05) is 26.7 Å². The van der Waals surface area contributed by atoms with Crippen LogP contribution in [0.4, 0.5) is 0 Å². The zero-order chi connectivity index (χ0) is 14.5. The first-order valence-corrected chi connectivity index (χ1v) is 7.50. The Labute approximate surface area is 136 Å². The van der Waals surface area contributed by atoms with Gasteiger partial charge in [0.15, 0.2) is 0 Å². The maximum atomic E-state index is 5.15. The summed E-state index contributed by atoms with van der Waals surface area (Å²) >= 11 is 0. The second-order valence-corrected chi connectivity index (χ2v) is 5.34. The molecule has 22 heavy (non-hydrogen) atoms. The molecule has 3 rings (SSSR count). The zero-order valence-corrected chi connectivity index (χ0v) is 13.6. The first-order valence-electron chi connectivity index (χ1n) is 7.50. The molecule has 2 heterocycles. The fourth-order valence-electron chi connectivity index (χ4n) is 2.61. The van der Waals surface area contributed by atoms with Gasteiger partial charge in [0, 0.05) is 12.1 Å². The average Bonchev–Trinajstić information content (AvgIpc) is 3.03. The molecular formula is C15H22ClN5O. The van der Waals surface area contributed by atoms with Crippen molar-refractivity contribution in [3.63, 3.8) is 0 Å². The van der Waals surface area contributed by atoms with Crippen LogP contribution in [0.3, 0.4) is 0 Å². The second-order valence-electron chi connectivity index (χ2n) is 5.34. The average molecular weight is 324 g/mol. The highest BCUT2D eigenvalue weighted by Crippen LogP contribution is 2.18. The number of hydrogen-bond donors (Lipinski definition) is 0. The Bertz CT molecular complexity index is 566. The highest BCUT2D eigenvalue weighted by molar-refractivity contribution is 5.85. The van der Waals surface area contributed by atoms with Crippen molar-refractivity contribution >= 4 is 12.4 Å². The topological polar surface area (TPSA) is 56.1 Å². The lowest BCUT2D eigenvalue weighted by Gasteiger charge is -2.25. The third-order valence-corrected chi connectivity index (χ3v) is 3.87. The lowest BCUT2D eigenvalue weighted by atomic mass is 10.1. The highest BCUT2D eigenvalue weighted by Gasteiger charge is 2.11. The summed E-state index contributed by atoms with van der Waals surface area (Å²) in [5.41, 5.74) is 0.958. The summed E-state index contributed by atoms with van der Waals surface area (Å²) in [6.07, 6.45) is 3.98. The number of tetrazole rings is 1. The van der Waals surface area contributed by atoms with Gasteiger partial charge < -0.3 is 9.64 Å². The van der Waals surface area contributed by atoms with Crippen LogP contribution in [0.5, 0.6) is 5.75 Å². The van der Waals surface area contributed by atoms with E-state index >= 15 is 0 Å². The number of hydrogen-bond acceptors (Lipinski definition) is 5. The van der Waals surface area contributed by atoms with E-state index in [1.807, 2.05) is 24.3 Å². The lowest BCUT2D eigenvalue weighted by molar-refractivity contribution is 0.213. The zero-order valence-electron chi connectivity index (χ0n) is 12.8. The number of rotatable bonds is 5. The maximum Gasteiger partial charge on any atom is 0.204 e. The Kier molecular flexibility index (Phi) is 6.15. The first kappa shape index (κ1) is 16.7. The van der Waals surface area contributed by atoms with Gasteiger partial charge in [0.25, 0.3) is 0 Å². The molecule has 1 aromatic heterocycles. The van der Waals surface area contributed by atoms with Gasteiger partial charge in [0.1, 0.15) is 5.75 Å². The van der Waals surface area contributed by atoms with E-state index in [1.54, 1.807) is 11.9 Å². The number of likely N-dealkylation sites (tertiary alicyclic amines) is 1. The van der Waals surface area contributed by atoms with Gasteiger partial charge in [-0.2, -0.15) is 4.80 Å². The normalized spacial score (nSPS) is 15.3. The molecule has 6 nitrogen and oxygen atoms in total. The SMILES string of the molecule is COc1ccc(-c2nnn(CCN3CCCCC3)n2)cc1.Cl. The predicted molar refractivity (Wildman–Crippen MR) is 87.3 cm³/mol. The molecule has 1 fully saturated rings. The second kappa shape index (κ2) is 8.10. The van der Waals surface area contributed by atoms with Crippen LogP contribution >= 0.6 is 12.4 Å². The van der Waals surface area contributed by atoms with Crippen molar-refractivity contribution in [2.45, 2.75) is 25.8 Å². The van der Waals surface area contributed by atoms with Crippen molar-refractivity contribution in [1.82, 2.24) is 25.1 Å².